The zero-order valence-electron chi connectivity index (χ0n) is 13.8. The lowest BCUT2D eigenvalue weighted by molar-refractivity contribution is -0.159. The van der Waals surface area contributed by atoms with Crippen LogP contribution < -0.4 is 10.2 Å². The van der Waals surface area contributed by atoms with Crippen molar-refractivity contribution in [3.05, 3.63) is 54.4 Å². The van der Waals surface area contributed by atoms with Gasteiger partial charge in [0.15, 0.2) is 0 Å². The molecule has 1 aromatic carbocycles. The van der Waals surface area contributed by atoms with E-state index < -0.39 is 11.9 Å². The lowest BCUT2D eigenvalue weighted by Gasteiger charge is -2.18. The van der Waals surface area contributed by atoms with Gasteiger partial charge in [-0.2, -0.15) is 0 Å². The summed E-state index contributed by atoms with van der Waals surface area (Å²) in [7, 11) is 0. The lowest BCUT2D eigenvalue weighted by atomic mass is 10.2. The number of benzene rings is 1. The maximum absolute atomic E-state index is 9.10. The SMILES string of the molecule is O=C(O)C(=O)O.c1cc(CNc2ccc(N3CCCC3)cc2)ccn1. The number of hydrogen-bond acceptors (Lipinski definition) is 5. The molecule has 0 bridgehead atoms. The van der Waals surface area contributed by atoms with Gasteiger partial charge >= 0.3 is 11.9 Å². The first-order valence-electron chi connectivity index (χ1n) is 8.00. The van der Waals surface area contributed by atoms with E-state index in [2.05, 4.69) is 39.5 Å². The van der Waals surface area contributed by atoms with Gasteiger partial charge in [-0.25, -0.2) is 9.59 Å². The second-order valence-corrected chi connectivity index (χ2v) is 5.56. The standard InChI is InChI=1S/C16H19N3.C2H2O4/c1-2-12-19(11-1)16-5-3-15(4-6-16)18-13-14-7-9-17-10-8-14;3-1(4)2(5)6/h3-10,18H,1-2,11-13H2;(H,3,4)(H,5,6). The second-order valence-electron chi connectivity index (χ2n) is 5.56. The van der Waals surface area contributed by atoms with Gasteiger partial charge in [-0.3, -0.25) is 4.98 Å². The predicted octanol–water partition coefficient (Wildman–Crippen LogP) is 2.45. The van der Waals surface area contributed by atoms with Gasteiger partial charge in [-0.1, -0.05) is 0 Å². The van der Waals surface area contributed by atoms with Crippen LogP contribution in [0.4, 0.5) is 11.4 Å². The van der Waals surface area contributed by atoms with E-state index >= 15 is 0 Å². The van der Waals surface area contributed by atoms with Crippen LogP contribution in [-0.2, 0) is 16.1 Å². The quantitative estimate of drug-likeness (QED) is 0.733. The van der Waals surface area contributed by atoms with Crippen molar-refractivity contribution >= 4 is 23.3 Å². The zero-order valence-corrected chi connectivity index (χ0v) is 13.8. The van der Waals surface area contributed by atoms with Crippen LogP contribution >= 0.6 is 0 Å². The molecule has 3 rings (SSSR count). The molecule has 0 saturated carbocycles. The van der Waals surface area contributed by atoms with E-state index in [0.717, 1.165) is 6.54 Å². The molecular weight excluding hydrogens is 322 g/mol. The molecule has 132 valence electrons. The Bertz CT molecular complexity index is 671. The summed E-state index contributed by atoms with van der Waals surface area (Å²) in [5.41, 5.74) is 3.75. The van der Waals surface area contributed by atoms with E-state index in [4.69, 9.17) is 19.8 Å². The molecule has 0 unspecified atom stereocenters. The summed E-state index contributed by atoms with van der Waals surface area (Å²) >= 11 is 0. The number of rotatable bonds is 4. The summed E-state index contributed by atoms with van der Waals surface area (Å²) in [5.74, 6) is -3.65. The highest BCUT2D eigenvalue weighted by Gasteiger charge is 2.11. The fourth-order valence-corrected chi connectivity index (χ4v) is 2.47. The molecule has 25 heavy (non-hydrogen) atoms. The van der Waals surface area contributed by atoms with Crippen LogP contribution in [0.1, 0.15) is 18.4 Å². The molecule has 1 saturated heterocycles. The number of carbonyl (C=O) groups is 2. The summed E-state index contributed by atoms with van der Waals surface area (Å²) in [6.45, 7) is 3.24. The summed E-state index contributed by atoms with van der Waals surface area (Å²) < 4.78 is 0. The maximum Gasteiger partial charge on any atom is 0.414 e. The highest BCUT2D eigenvalue weighted by atomic mass is 16.4. The van der Waals surface area contributed by atoms with Crippen LogP contribution in [0.25, 0.3) is 0 Å². The van der Waals surface area contributed by atoms with Crippen molar-refractivity contribution in [2.75, 3.05) is 23.3 Å². The molecule has 0 atom stereocenters. The highest BCUT2D eigenvalue weighted by Crippen LogP contribution is 2.22. The largest absolute Gasteiger partial charge is 0.473 e. The van der Waals surface area contributed by atoms with Gasteiger partial charge in [-0.15, -0.1) is 0 Å². The molecule has 7 nitrogen and oxygen atoms in total. The molecule has 1 fully saturated rings. The van der Waals surface area contributed by atoms with Gasteiger partial charge in [0, 0.05) is 43.4 Å². The van der Waals surface area contributed by atoms with Crippen LogP contribution in [0.2, 0.25) is 0 Å². The Labute approximate surface area is 145 Å². The molecule has 0 amide bonds. The zero-order chi connectivity index (χ0) is 18.1. The monoisotopic (exact) mass is 343 g/mol. The van der Waals surface area contributed by atoms with Gasteiger partial charge in [0.1, 0.15) is 0 Å². The average molecular weight is 343 g/mol. The molecule has 0 spiro atoms. The number of aromatic nitrogens is 1. The van der Waals surface area contributed by atoms with Crippen LogP contribution in [-0.4, -0.2) is 40.2 Å². The summed E-state index contributed by atoms with van der Waals surface area (Å²) in [4.78, 5) is 24.7. The minimum Gasteiger partial charge on any atom is -0.473 e. The number of nitrogens with one attached hydrogen (secondary N) is 1. The third-order valence-corrected chi connectivity index (χ3v) is 3.77. The first-order chi connectivity index (χ1) is 12.1. The Morgan fingerprint density at radius 1 is 0.960 bits per heavy atom. The lowest BCUT2D eigenvalue weighted by Crippen LogP contribution is -2.17. The fourth-order valence-electron chi connectivity index (χ4n) is 2.47. The number of carboxylic acid groups (broad SMARTS) is 2. The van der Waals surface area contributed by atoms with E-state index in [1.54, 1.807) is 0 Å². The van der Waals surface area contributed by atoms with E-state index in [1.807, 2.05) is 24.5 Å². The molecule has 7 heteroatoms. The Balaban J connectivity index is 0.000000326. The normalized spacial score (nSPS) is 12.9. The molecule has 2 aromatic rings. The molecule has 1 aliphatic heterocycles. The number of aliphatic carboxylic acids is 2. The molecule has 1 aromatic heterocycles. The van der Waals surface area contributed by atoms with E-state index in [1.165, 1.54) is 42.9 Å². The van der Waals surface area contributed by atoms with Crippen molar-refractivity contribution in [2.45, 2.75) is 19.4 Å². The van der Waals surface area contributed by atoms with Crippen molar-refractivity contribution in [1.29, 1.82) is 0 Å². The number of carboxylic acids is 2. The molecule has 2 heterocycles. The predicted molar refractivity (Wildman–Crippen MR) is 94.7 cm³/mol. The van der Waals surface area contributed by atoms with Crippen LogP contribution in [0.5, 0.6) is 0 Å². The smallest absolute Gasteiger partial charge is 0.414 e. The van der Waals surface area contributed by atoms with E-state index in [0.29, 0.717) is 0 Å². The topological polar surface area (TPSA) is 103 Å². The van der Waals surface area contributed by atoms with Crippen molar-refractivity contribution in [2.24, 2.45) is 0 Å². The number of nitrogens with zero attached hydrogens (tertiary/aromatic N) is 2. The number of pyridine rings is 1. The Morgan fingerprint density at radius 2 is 1.52 bits per heavy atom. The first kappa shape index (κ1) is 18.3. The summed E-state index contributed by atoms with van der Waals surface area (Å²) in [6.07, 6.45) is 6.30. The first-order valence-corrected chi connectivity index (χ1v) is 8.00. The summed E-state index contributed by atoms with van der Waals surface area (Å²) in [6, 6.07) is 12.8. The van der Waals surface area contributed by atoms with Crippen LogP contribution in [0.3, 0.4) is 0 Å². The van der Waals surface area contributed by atoms with Crippen LogP contribution in [0, 0.1) is 0 Å². The maximum atomic E-state index is 9.10. The van der Waals surface area contributed by atoms with Gasteiger partial charge in [0.2, 0.25) is 0 Å². The minimum atomic E-state index is -1.82. The van der Waals surface area contributed by atoms with Crippen LogP contribution in [0.15, 0.2) is 48.8 Å². The summed E-state index contributed by atoms with van der Waals surface area (Å²) in [5, 5.41) is 18.2. The highest BCUT2D eigenvalue weighted by molar-refractivity contribution is 6.27. The average Bonchev–Trinajstić information content (AvgIpc) is 3.16. The molecule has 1 aliphatic rings. The Hall–Kier alpha value is -3.09. The minimum absolute atomic E-state index is 0.839. The second kappa shape index (κ2) is 9.27. The van der Waals surface area contributed by atoms with Gasteiger partial charge in [0.25, 0.3) is 0 Å². The van der Waals surface area contributed by atoms with E-state index in [-0.39, 0.29) is 0 Å². The van der Waals surface area contributed by atoms with E-state index in [9.17, 15) is 0 Å². The molecular formula is C18H21N3O4. The number of hydrogen-bond donors (Lipinski definition) is 3. The fraction of sp³-hybridized carbons (Fsp3) is 0.278. The Kier molecular flexibility index (Phi) is 6.76. The van der Waals surface area contributed by atoms with Crippen molar-refractivity contribution < 1.29 is 19.8 Å². The molecule has 3 N–H and O–H groups in total. The molecule has 0 radical (unpaired) electrons. The molecule has 0 aliphatic carbocycles. The third kappa shape index (κ3) is 6.14. The van der Waals surface area contributed by atoms with Gasteiger partial charge in [0.05, 0.1) is 0 Å². The van der Waals surface area contributed by atoms with Crippen molar-refractivity contribution in [3.8, 4) is 0 Å². The van der Waals surface area contributed by atoms with Crippen molar-refractivity contribution in [1.82, 2.24) is 4.98 Å². The number of anilines is 2. The van der Waals surface area contributed by atoms with Crippen molar-refractivity contribution in [3.63, 3.8) is 0 Å². The Morgan fingerprint density at radius 3 is 2.04 bits per heavy atom. The van der Waals surface area contributed by atoms with Gasteiger partial charge < -0.3 is 20.4 Å². The van der Waals surface area contributed by atoms with Gasteiger partial charge in [-0.05, 0) is 54.8 Å². The third-order valence-electron chi connectivity index (χ3n) is 3.77.